The molecule has 0 spiro atoms. The van der Waals surface area contributed by atoms with Crippen molar-refractivity contribution in [1.82, 2.24) is 34.0 Å². The van der Waals surface area contributed by atoms with E-state index in [9.17, 15) is 0 Å². The Hall–Kier alpha value is -3.08. The highest BCUT2D eigenvalue weighted by molar-refractivity contribution is 5.86. The first-order chi connectivity index (χ1) is 19.2. The van der Waals surface area contributed by atoms with Crippen molar-refractivity contribution < 1.29 is 9.47 Å². The summed E-state index contributed by atoms with van der Waals surface area (Å²) in [6.45, 7) is 7.97. The molecule has 1 aromatic carbocycles. The number of hydrogen-bond donors (Lipinski definition) is 0. The molecule has 204 valence electrons. The number of para-hydroxylation sites is 2. The summed E-state index contributed by atoms with van der Waals surface area (Å²) in [4.78, 5) is 25.5. The maximum absolute atomic E-state index is 5.68. The molecule has 4 aromatic rings. The molecule has 10 heteroatoms. The summed E-state index contributed by atoms with van der Waals surface area (Å²) >= 11 is 0. The number of benzene rings is 1. The van der Waals surface area contributed by atoms with Crippen LogP contribution >= 0.6 is 0 Å². The molecule has 10 nitrogen and oxygen atoms in total. The van der Waals surface area contributed by atoms with E-state index in [4.69, 9.17) is 29.4 Å². The maximum Gasteiger partial charge on any atom is 0.239 e. The molecule has 0 bridgehead atoms. The summed E-state index contributed by atoms with van der Waals surface area (Å²) < 4.78 is 15.5. The van der Waals surface area contributed by atoms with Crippen LogP contribution in [0, 0.1) is 11.8 Å². The van der Waals surface area contributed by atoms with Crippen LogP contribution in [0.1, 0.15) is 43.3 Å². The van der Waals surface area contributed by atoms with Crippen LogP contribution < -0.4 is 4.90 Å². The van der Waals surface area contributed by atoms with Crippen LogP contribution in [-0.2, 0) is 23.1 Å². The van der Waals surface area contributed by atoms with Gasteiger partial charge in [0.15, 0.2) is 17.0 Å². The molecular formula is C29H36N8O2. The number of likely N-dealkylation sites (tertiary alicyclic amines) is 1. The molecule has 0 unspecified atom stereocenters. The Labute approximate surface area is 227 Å². The lowest BCUT2D eigenvalue weighted by atomic mass is 9.83. The van der Waals surface area contributed by atoms with Crippen molar-refractivity contribution in [3.05, 3.63) is 35.9 Å². The molecular weight excluding hydrogens is 492 g/mol. The third-order valence-electron chi connectivity index (χ3n) is 9.15. The largest absolute Gasteiger partial charge is 0.381 e. The van der Waals surface area contributed by atoms with Crippen LogP contribution in [0.15, 0.2) is 24.3 Å². The van der Waals surface area contributed by atoms with Gasteiger partial charge in [-0.3, -0.25) is 9.47 Å². The van der Waals surface area contributed by atoms with Crippen LogP contribution in [0.4, 0.5) is 5.82 Å². The second kappa shape index (κ2) is 9.53. The van der Waals surface area contributed by atoms with Gasteiger partial charge in [0.05, 0.1) is 44.0 Å². The fourth-order valence-corrected chi connectivity index (χ4v) is 6.50. The van der Waals surface area contributed by atoms with Crippen LogP contribution in [0.25, 0.3) is 28.1 Å². The fourth-order valence-electron chi connectivity index (χ4n) is 6.50. The topological polar surface area (TPSA) is 86.4 Å². The summed E-state index contributed by atoms with van der Waals surface area (Å²) in [6.07, 6.45) is 4.83. The number of hydrogen-bond acceptors (Lipinski definition) is 8. The van der Waals surface area contributed by atoms with E-state index in [0.29, 0.717) is 25.1 Å². The normalized spacial score (nSPS) is 21.7. The molecule has 4 aliphatic rings. The maximum atomic E-state index is 5.68. The quantitative estimate of drug-likeness (QED) is 0.377. The van der Waals surface area contributed by atoms with E-state index in [2.05, 4.69) is 50.2 Å². The van der Waals surface area contributed by atoms with Gasteiger partial charge in [-0.15, -0.1) is 0 Å². The van der Waals surface area contributed by atoms with E-state index < -0.39 is 0 Å². The van der Waals surface area contributed by atoms with Crippen LogP contribution in [0.5, 0.6) is 0 Å². The standard InChI is InChI=1S/C29H36N8O2/c1-34-24(16-35-10-8-19(9-11-35)21-17-39-18-21)31-25-27(34)32-29(33-28(25)36-12-14-38-15-13-36)37-23-5-3-2-4-22(23)30-26(37)20-6-7-20/h2-5,19-21H,6-18H2,1H3. The number of aromatic nitrogens is 6. The molecule has 1 aliphatic carbocycles. The number of anilines is 1. The van der Waals surface area contributed by atoms with Crippen molar-refractivity contribution in [2.75, 3.05) is 57.5 Å². The fraction of sp³-hybridized carbons (Fsp3) is 0.586. The number of morpholine rings is 1. The summed E-state index contributed by atoms with van der Waals surface area (Å²) in [6, 6.07) is 8.34. The molecule has 0 N–H and O–H groups in total. The Balaban J connectivity index is 1.19. The molecule has 3 aromatic heterocycles. The number of fused-ring (bicyclic) bond motifs is 2. The smallest absolute Gasteiger partial charge is 0.239 e. The monoisotopic (exact) mass is 528 g/mol. The predicted molar refractivity (Wildman–Crippen MR) is 148 cm³/mol. The Kier molecular flexibility index (Phi) is 5.81. The molecule has 39 heavy (non-hydrogen) atoms. The Morgan fingerprint density at radius 3 is 2.38 bits per heavy atom. The van der Waals surface area contributed by atoms with Gasteiger partial charge < -0.3 is 18.9 Å². The van der Waals surface area contributed by atoms with Gasteiger partial charge in [-0.1, -0.05) is 12.1 Å². The minimum atomic E-state index is 0.472. The Morgan fingerprint density at radius 2 is 1.64 bits per heavy atom. The number of ether oxygens (including phenoxy) is 2. The van der Waals surface area contributed by atoms with Crippen LogP contribution in [0.3, 0.4) is 0 Å². The lowest BCUT2D eigenvalue weighted by molar-refractivity contribution is -0.0727. The first kappa shape index (κ1) is 23.8. The summed E-state index contributed by atoms with van der Waals surface area (Å²) in [5.74, 6) is 5.77. The zero-order valence-electron chi connectivity index (χ0n) is 22.6. The average molecular weight is 529 g/mol. The number of nitrogens with zero attached hydrogens (tertiary/aromatic N) is 8. The third kappa shape index (κ3) is 4.20. The van der Waals surface area contributed by atoms with Crippen molar-refractivity contribution in [1.29, 1.82) is 0 Å². The van der Waals surface area contributed by atoms with E-state index in [1.54, 1.807) is 0 Å². The van der Waals surface area contributed by atoms with Gasteiger partial charge in [0.2, 0.25) is 5.95 Å². The highest BCUT2D eigenvalue weighted by atomic mass is 16.5. The van der Waals surface area contributed by atoms with Crippen molar-refractivity contribution in [2.24, 2.45) is 18.9 Å². The van der Waals surface area contributed by atoms with Crippen molar-refractivity contribution in [3.63, 3.8) is 0 Å². The van der Waals surface area contributed by atoms with Crippen LogP contribution in [-0.4, -0.2) is 86.6 Å². The first-order valence-electron chi connectivity index (χ1n) is 14.6. The summed E-state index contributed by atoms with van der Waals surface area (Å²) in [5.41, 5.74) is 3.84. The molecule has 4 fully saturated rings. The highest BCUT2D eigenvalue weighted by Crippen LogP contribution is 2.42. The minimum absolute atomic E-state index is 0.472. The van der Waals surface area contributed by atoms with Gasteiger partial charge >= 0.3 is 0 Å². The summed E-state index contributed by atoms with van der Waals surface area (Å²) in [5, 5.41) is 0. The molecule has 0 atom stereocenters. The second-order valence-electron chi connectivity index (χ2n) is 11.7. The van der Waals surface area contributed by atoms with Crippen LogP contribution in [0.2, 0.25) is 0 Å². The van der Waals surface area contributed by atoms with Gasteiger partial charge in [-0.05, 0) is 56.8 Å². The van der Waals surface area contributed by atoms with E-state index in [-0.39, 0.29) is 0 Å². The van der Waals surface area contributed by atoms with Gasteiger partial charge in [-0.2, -0.15) is 9.97 Å². The molecule has 8 rings (SSSR count). The first-order valence-corrected chi connectivity index (χ1v) is 14.6. The molecule has 1 saturated carbocycles. The SMILES string of the molecule is Cn1c(CN2CCC(C3COC3)CC2)nc2c(N3CCOCC3)nc(-n3c(C4CC4)nc4ccccc43)nc21. The van der Waals surface area contributed by atoms with E-state index in [1.165, 1.54) is 25.7 Å². The zero-order valence-corrected chi connectivity index (χ0v) is 22.6. The number of imidazole rings is 2. The zero-order chi connectivity index (χ0) is 25.9. The van der Waals surface area contributed by atoms with E-state index >= 15 is 0 Å². The van der Waals surface area contributed by atoms with Gasteiger partial charge in [0, 0.05) is 32.0 Å². The molecule has 0 radical (unpaired) electrons. The Bertz CT molecular complexity index is 1510. The minimum Gasteiger partial charge on any atom is -0.381 e. The third-order valence-corrected chi connectivity index (χ3v) is 9.15. The lowest BCUT2D eigenvalue weighted by Crippen LogP contribution is -2.42. The highest BCUT2D eigenvalue weighted by Gasteiger charge is 2.33. The lowest BCUT2D eigenvalue weighted by Gasteiger charge is -2.39. The molecule has 3 saturated heterocycles. The van der Waals surface area contributed by atoms with Gasteiger partial charge in [0.1, 0.15) is 11.6 Å². The van der Waals surface area contributed by atoms with Gasteiger partial charge in [0.25, 0.3) is 0 Å². The van der Waals surface area contributed by atoms with Crippen molar-refractivity contribution in [3.8, 4) is 5.95 Å². The predicted octanol–water partition coefficient (Wildman–Crippen LogP) is 3.27. The second-order valence-corrected chi connectivity index (χ2v) is 11.7. The number of aryl methyl sites for hydroxylation is 1. The molecule has 6 heterocycles. The van der Waals surface area contributed by atoms with Gasteiger partial charge in [-0.25, -0.2) is 9.97 Å². The number of piperidine rings is 1. The molecule has 3 aliphatic heterocycles. The average Bonchev–Trinajstić information content (AvgIpc) is 3.65. The summed E-state index contributed by atoms with van der Waals surface area (Å²) in [7, 11) is 2.11. The van der Waals surface area contributed by atoms with E-state index in [1.807, 2.05) is 0 Å². The van der Waals surface area contributed by atoms with E-state index in [0.717, 1.165) is 97.4 Å². The molecule has 0 amide bonds. The Morgan fingerprint density at radius 1 is 0.846 bits per heavy atom. The van der Waals surface area contributed by atoms with Crippen molar-refractivity contribution in [2.45, 2.75) is 38.1 Å². The number of rotatable bonds is 6. The van der Waals surface area contributed by atoms with Crippen molar-refractivity contribution >= 4 is 28.0 Å².